The van der Waals surface area contributed by atoms with Crippen LogP contribution in [0.3, 0.4) is 0 Å². The largest absolute Gasteiger partial charge is 0.265 e. The van der Waals surface area contributed by atoms with Crippen LogP contribution >= 0.6 is 11.6 Å². The van der Waals surface area contributed by atoms with Crippen LogP contribution in [0.25, 0.3) is 0 Å². The Morgan fingerprint density at radius 3 is 2.14 bits per heavy atom. The molecule has 1 aromatic carbocycles. The number of hydrogen-bond donors (Lipinski definition) is 0. The van der Waals surface area contributed by atoms with Crippen LogP contribution in [-0.4, -0.2) is 5.92 Å². The molecule has 0 saturated carbocycles. The fourth-order valence-corrected chi connectivity index (χ4v) is 1.36. The number of benzene rings is 1. The zero-order chi connectivity index (χ0) is 10.8. The molecular weight excluding hydrogens is 206 g/mol. The van der Waals surface area contributed by atoms with Gasteiger partial charge in [0, 0.05) is 6.92 Å². The molecule has 0 radical (unpaired) electrons. The van der Waals surface area contributed by atoms with E-state index in [0.717, 1.165) is 18.9 Å². The summed E-state index contributed by atoms with van der Waals surface area (Å²) in [6.07, 6.45) is 0.899. The van der Waals surface area contributed by atoms with Gasteiger partial charge in [0.1, 0.15) is 5.38 Å². The fraction of sp³-hybridized carbons (Fsp3) is 0.455. The van der Waals surface area contributed by atoms with Crippen molar-refractivity contribution >= 4 is 11.6 Å². The molecule has 0 aliphatic carbocycles. The Balaban J connectivity index is 2.87. The van der Waals surface area contributed by atoms with Crippen molar-refractivity contribution in [3.8, 4) is 0 Å². The minimum absolute atomic E-state index is 0.469. The first-order valence-electron chi connectivity index (χ1n) is 4.56. The van der Waals surface area contributed by atoms with Crippen molar-refractivity contribution in [2.24, 2.45) is 0 Å². The zero-order valence-corrected chi connectivity index (χ0v) is 8.98. The predicted octanol–water partition coefficient (Wildman–Crippen LogP) is 4.18. The maximum Gasteiger partial charge on any atom is 0.265 e. The van der Waals surface area contributed by atoms with Crippen LogP contribution in [0.1, 0.15) is 30.4 Å². The van der Waals surface area contributed by atoms with Gasteiger partial charge in [0.25, 0.3) is 5.92 Å². The van der Waals surface area contributed by atoms with Gasteiger partial charge in [0.15, 0.2) is 0 Å². The smallest absolute Gasteiger partial charge is 0.205 e. The molecule has 0 spiro atoms. The first-order chi connectivity index (χ1) is 6.45. The highest BCUT2D eigenvalue weighted by atomic mass is 35.5. The number of rotatable bonds is 3. The lowest BCUT2D eigenvalue weighted by atomic mass is 10.0. The highest BCUT2D eigenvalue weighted by Gasteiger charge is 2.33. The topological polar surface area (TPSA) is 0 Å². The van der Waals surface area contributed by atoms with E-state index in [1.165, 1.54) is 0 Å². The quantitative estimate of drug-likeness (QED) is 0.668. The third-order valence-electron chi connectivity index (χ3n) is 2.13. The Bertz CT molecular complexity index is 287. The van der Waals surface area contributed by atoms with Crippen LogP contribution in [0, 0.1) is 0 Å². The summed E-state index contributed by atoms with van der Waals surface area (Å²) >= 11 is 5.63. The standard InChI is InChI=1S/C11H13ClF2/c1-3-8-4-6-9(7-5-8)10(12)11(2,13)14/h4-7,10H,3H2,1-2H3. The van der Waals surface area contributed by atoms with Gasteiger partial charge in [0.2, 0.25) is 0 Å². The molecule has 78 valence electrons. The minimum Gasteiger partial charge on any atom is -0.205 e. The molecule has 0 heterocycles. The molecule has 1 rings (SSSR count). The normalized spacial score (nSPS) is 14.1. The van der Waals surface area contributed by atoms with Crippen LogP contribution < -0.4 is 0 Å². The van der Waals surface area contributed by atoms with Crippen LogP contribution in [0.5, 0.6) is 0 Å². The maximum atomic E-state index is 12.9. The molecule has 3 heteroatoms. The van der Waals surface area contributed by atoms with E-state index < -0.39 is 11.3 Å². The van der Waals surface area contributed by atoms with Crippen molar-refractivity contribution in [2.75, 3.05) is 0 Å². The molecule has 0 amide bonds. The Morgan fingerprint density at radius 1 is 1.29 bits per heavy atom. The molecule has 0 aliphatic rings. The molecule has 1 atom stereocenters. The number of aryl methyl sites for hydroxylation is 1. The van der Waals surface area contributed by atoms with Gasteiger partial charge in [-0.25, -0.2) is 8.78 Å². The van der Waals surface area contributed by atoms with Gasteiger partial charge in [-0.2, -0.15) is 0 Å². The number of hydrogen-bond acceptors (Lipinski definition) is 0. The van der Waals surface area contributed by atoms with Gasteiger partial charge in [0.05, 0.1) is 0 Å². The highest BCUT2D eigenvalue weighted by Crippen LogP contribution is 2.36. The van der Waals surface area contributed by atoms with Gasteiger partial charge in [-0.05, 0) is 17.5 Å². The monoisotopic (exact) mass is 218 g/mol. The van der Waals surface area contributed by atoms with Gasteiger partial charge in [-0.15, -0.1) is 11.6 Å². The van der Waals surface area contributed by atoms with E-state index in [4.69, 9.17) is 11.6 Å². The molecule has 0 nitrogen and oxygen atoms in total. The molecule has 0 bridgehead atoms. The summed E-state index contributed by atoms with van der Waals surface area (Å²) in [6, 6.07) is 6.98. The summed E-state index contributed by atoms with van der Waals surface area (Å²) in [6.45, 7) is 2.85. The molecule has 0 N–H and O–H groups in total. The van der Waals surface area contributed by atoms with Crippen molar-refractivity contribution in [3.05, 3.63) is 35.4 Å². The Kier molecular flexibility index (Phi) is 3.48. The lowest BCUT2D eigenvalue weighted by Gasteiger charge is -2.17. The van der Waals surface area contributed by atoms with Crippen LogP contribution in [-0.2, 0) is 6.42 Å². The van der Waals surface area contributed by atoms with Crippen LogP contribution in [0.15, 0.2) is 24.3 Å². The van der Waals surface area contributed by atoms with E-state index in [-0.39, 0.29) is 0 Å². The molecule has 0 saturated heterocycles. The molecular formula is C11H13ClF2. The summed E-state index contributed by atoms with van der Waals surface area (Å²) in [7, 11) is 0. The SMILES string of the molecule is CCc1ccc(C(Cl)C(C)(F)F)cc1. The lowest BCUT2D eigenvalue weighted by Crippen LogP contribution is -2.17. The third kappa shape index (κ3) is 2.68. The first kappa shape index (κ1) is 11.4. The van der Waals surface area contributed by atoms with Crippen molar-refractivity contribution in [3.63, 3.8) is 0 Å². The molecule has 1 unspecified atom stereocenters. The number of alkyl halides is 3. The fourth-order valence-electron chi connectivity index (χ4n) is 1.21. The summed E-state index contributed by atoms with van der Waals surface area (Å²) in [5.74, 6) is -2.88. The first-order valence-corrected chi connectivity index (χ1v) is 4.99. The second-order valence-electron chi connectivity index (χ2n) is 3.41. The van der Waals surface area contributed by atoms with E-state index in [1.54, 1.807) is 12.1 Å². The maximum absolute atomic E-state index is 12.9. The second-order valence-corrected chi connectivity index (χ2v) is 3.85. The van der Waals surface area contributed by atoms with Crippen molar-refractivity contribution in [1.29, 1.82) is 0 Å². The third-order valence-corrected chi connectivity index (χ3v) is 2.76. The molecule has 14 heavy (non-hydrogen) atoms. The Labute approximate surface area is 87.9 Å². The van der Waals surface area contributed by atoms with Crippen molar-refractivity contribution in [1.82, 2.24) is 0 Å². The van der Waals surface area contributed by atoms with E-state index >= 15 is 0 Å². The van der Waals surface area contributed by atoms with E-state index in [0.29, 0.717) is 5.56 Å². The summed E-state index contributed by atoms with van der Waals surface area (Å²) in [5, 5.41) is -1.24. The lowest BCUT2D eigenvalue weighted by molar-refractivity contribution is 0.0169. The summed E-state index contributed by atoms with van der Waals surface area (Å²) in [4.78, 5) is 0. The molecule has 0 aromatic heterocycles. The Hall–Kier alpha value is -0.630. The van der Waals surface area contributed by atoms with Crippen molar-refractivity contribution < 1.29 is 8.78 Å². The highest BCUT2D eigenvalue weighted by molar-refractivity contribution is 6.21. The molecule has 0 fully saturated rings. The average molecular weight is 219 g/mol. The van der Waals surface area contributed by atoms with Crippen LogP contribution in [0.4, 0.5) is 8.78 Å². The second kappa shape index (κ2) is 4.26. The van der Waals surface area contributed by atoms with Gasteiger partial charge < -0.3 is 0 Å². The zero-order valence-electron chi connectivity index (χ0n) is 8.23. The molecule has 1 aromatic rings. The van der Waals surface area contributed by atoms with E-state index in [2.05, 4.69) is 0 Å². The predicted molar refractivity (Wildman–Crippen MR) is 55.0 cm³/mol. The molecule has 0 aliphatic heterocycles. The number of halogens is 3. The van der Waals surface area contributed by atoms with Crippen LogP contribution in [0.2, 0.25) is 0 Å². The van der Waals surface area contributed by atoms with E-state index in [1.807, 2.05) is 19.1 Å². The van der Waals surface area contributed by atoms with Gasteiger partial charge in [-0.3, -0.25) is 0 Å². The average Bonchev–Trinajstić information content (AvgIpc) is 2.15. The van der Waals surface area contributed by atoms with Gasteiger partial charge >= 0.3 is 0 Å². The Morgan fingerprint density at radius 2 is 1.79 bits per heavy atom. The summed E-state index contributed by atoms with van der Waals surface area (Å²) in [5.41, 5.74) is 1.59. The minimum atomic E-state index is -2.88. The summed E-state index contributed by atoms with van der Waals surface area (Å²) < 4.78 is 25.7. The van der Waals surface area contributed by atoms with Gasteiger partial charge in [-0.1, -0.05) is 31.2 Å². The van der Waals surface area contributed by atoms with E-state index in [9.17, 15) is 8.78 Å². The van der Waals surface area contributed by atoms with Crippen molar-refractivity contribution in [2.45, 2.75) is 31.6 Å².